The Labute approximate surface area is 126 Å². The Kier molecular flexibility index (Phi) is 2.71. The molecule has 0 aromatic heterocycles. The van der Waals surface area contributed by atoms with Gasteiger partial charge in [-0.3, -0.25) is 9.59 Å². The lowest BCUT2D eigenvalue weighted by atomic mass is 9.85. The van der Waals surface area contributed by atoms with Crippen molar-refractivity contribution in [2.45, 2.75) is 12.2 Å². The van der Waals surface area contributed by atoms with Crippen LogP contribution in [0.4, 0.5) is 5.69 Å². The maximum absolute atomic E-state index is 12.6. The van der Waals surface area contributed by atoms with Gasteiger partial charge in [0, 0.05) is 0 Å². The van der Waals surface area contributed by atoms with E-state index in [1.807, 2.05) is 12.2 Å². The highest BCUT2D eigenvalue weighted by Gasteiger charge is 2.60. The second kappa shape index (κ2) is 4.51. The van der Waals surface area contributed by atoms with Crippen LogP contribution in [-0.4, -0.2) is 37.1 Å². The summed E-state index contributed by atoms with van der Waals surface area (Å²) in [5.41, 5.74) is 0.840. The summed E-state index contributed by atoms with van der Waals surface area (Å²) in [6, 6.07) is 6.25. The zero-order valence-corrected chi connectivity index (χ0v) is 11.8. The van der Waals surface area contributed by atoms with E-state index in [0.717, 1.165) is 0 Å². The number of hydrogen-bond acceptors (Lipinski definition) is 5. The average Bonchev–Trinajstić information content (AvgIpc) is 3.21. The molecule has 3 aliphatic heterocycles. The minimum Gasteiger partial charge on any atom is -0.465 e. The SMILES string of the molecule is COC(=O)c1ccc(N2C(=O)[C@@H]3[C@H](C2=O)[C@H]2C=C[C@@H]3O2)cc1. The van der Waals surface area contributed by atoms with Gasteiger partial charge in [-0.1, -0.05) is 12.2 Å². The van der Waals surface area contributed by atoms with Crippen LogP contribution in [0, 0.1) is 11.8 Å². The van der Waals surface area contributed by atoms with E-state index in [1.54, 1.807) is 24.3 Å². The first kappa shape index (κ1) is 13.2. The minimum atomic E-state index is -0.460. The van der Waals surface area contributed by atoms with E-state index in [0.29, 0.717) is 11.3 Å². The lowest BCUT2D eigenvalue weighted by molar-refractivity contribution is -0.124. The first-order chi connectivity index (χ1) is 10.6. The molecule has 0 N–H and O–H groups in total. The van der Waals surface area contributed by atoms with Gasteiger partial charge < -0.3 is 9.47 Å². The van der Waals surface area contributed by atoms with E-state index in [-0.39, 0.29) is 24.0 Å². The van der Waals surface area contributed by atoms with Crippen LogP contribution in [0.2, 0.25) is 0 Å². The van der Waals surface area contributed by atoms with Crippen molar-refractivity contribution in [2.75, 3.05) is 12.0 Å². The Hall–Kier alpha value is -2.47. The van der Waals surface area contributed by atoms with Crippen molar-refractivity contribution >= 4 is 23.5 Å². The summed E-state index contributed by atoms with van der Waals surface area (Å²) in [5, 5.41) is 0. The van der Waals surface area contributed by atoms with Crippen LogP contribution in [-0.2, 0) is 19.1 Å². The molecule has 2 bridgehead atoms. The van der Waals surface area contributed by atoms with E-state index in [1.165, 1.54) is 12.0 Å². The maximum atomic E-state index is 12.6. The number of rotatable bonds is 2. The molecule has 22 heavy (non-hydrogen) atoms. The molecule has 1 aromatic rings. The minimum absolute atomic E-state index is 0.238. The number of methoxy groups -OCH3 is 1. The van der Waals surface area contributed by atoms with E-state index >= 15 is 0 Å². The van der Waals surface area contributed by atoms with Crippen LogP contribution in [0.3, 0.4) is 0 Å². The molecule has 6 nitrogen and oxygen atoms in total. The molecule has 3 heterocycles. The highest BCUT2D eigenvalue weighted by Crippen LogP contribution is 2.46. The highest BCUT2D eigenvalue weighted by atomic mass is 16.5. The van der Waals surface area contributed by atoms with Crippen molar-refractivity contribution < 1.29 is 23.9 Å². The monoisotopic (exact) mass is 299 g/mol. The number of carbonyl (C=O) groups excluding carboxylic acids is 3. The number of fused-ring (bicyclic) bond motifs is 5. The molecular formula is C16H13NO5. The van der Waals surface area contributed by atoms with Gasteiger partial charge in [-0.05, 0) is 24.3 Å². The lowest BCUT2D eigenvalue weighted by Gasteiger charge is -2.17. The first-order valence-electron chi connectivity index (χ1n) is 7.02. The molecule has 112 valence electrons. The van der Waals surface area contributed by atoms with Gasteiger partial charge in [0.1, 0.15) is 0 Å². The third-order valence-corrected chi connectivity index (χ3v) is 4.46. The number of esters is 1. The van der Waals surface area contributed by atoms with Crippen molar-refractivity contribution in [3.63, 3.8) is 0 Å². The molecule has 0 radical (unpaired) electrons. The van der Waals surface area contributed by atoms with Gasteiger partial charge in [0.15, 0.2) is 0 Å². The molecule has 1 aromatic carbocycles. The van der Waals surface area contributed by atoms with Crippen molar-refractivity contribution in [2.24, 2.45) is 11.8 Å². The number of nitrogens with zero attached hydrogens (tertiary/aromatic N) is 1. The quantitative estimate of drug-likeness (QED) is 0.461. The topological polar surface area (TPSA) is 72.9 Å². The molecule has 2 fully saturated rings. The molecule has 3 aliphatic rings. The van der Waals surface area contributed by atoms with Crippen LogP contribution < -0.4 is 4.90 Å². The Morgan fingerprint density at radius 2 is 1.59 bits per heavy atom. The predicted octanol–water partition coefficient (Wildman–Crippen LogP) is 0.916. The van der Waals surface area contributed by atoms with Gasteiger partial charge in [-0.25, -0.2) is 9.69 Å². The van der Waals surface area contributed by atoms with E-state index < -0.39 is 17.8 Å². The highest BCUT2D eigenvalue weighted by molar-refractivity contribution is 6.23. The van der Waals surface area contributed by atoms with E-state index in [2.05, 4.69) is 4.74 Å². The zero-order valence-electron chi connectivity index (χ0n) is 11.8. The zero-order chi connectivity index (χ0) is 15.4. The van der Waals surface area contributed by atoms with Crippen LogP contribution in [0.25, 0.3) is 0 Å². The fraction of sp³-hybridized carbons (Fsp3) is 0.312. The molecule has 4 rings (SSSR count). The molecule has 4 atom stereocenters. The molecule has 0 saturated carbocycles. The van der Waals surface area contributed by atoms with Crippen molar-refractivity contribution in [1.82, 2.24) is 0 Å². The van der Waals surface area contributed by atoms with E-state index in [4.69, 9.17) is 4.74 Å². The second-order valence-electron chi connectivity index (χ2n) is 5.55. The number of amides is 2. The number of ether oxygens (including phenoxy) is 2. The fourth-order valence-electron chi connectivity index (χ4n) is 3.42. The summed E-state index contributed by atoms with van der Waals surface area (Å²) in [6.45, 7) is 0. The van der Waals surface area contributed by atoms with E-state index in [9.17, 15) is 14.4 Å². The summed E-state index contributed by atoms with van der Waals surface area (Å²) in [4.78, 5) is 37.8. The Morgan fingerprint density at radius 3 is 2.09 bits per heavy atom. The van der Waals surface area contributed by atoms with Gasteiger partial charge in [-0.2, -0.15) is 0 Å². The maximum Gasteiger partial charge on any atom is 0.337 e. The lowest BCUT2D eigenvalue weighted by Crippen LogP contribution is -2.34. The molecule has 0 aliphatic carbocycles. The predicted molar refractivity (Wildman–Crippen MR) is 75.1 cm³/mol. The third-order valence-electron chi connectivity index (χ3n) is 4.46. The smallest absolute Gasteiger partial charge is 0.337 e. The number of benzene rings is 1. The van der Waals surface area contributed by atoms with Crippen molar-refractivity contribution in [3.05, 3.63) is 42.0 Å². The summed E-state index contributed by atoms with van der Waals surface area (Å²) >= 11 is 0. The molecular weight excluding hydrogens is 286 g/mol. The molecule has 0 unspecified atom stereocenters. The summed E-state index contributed by atoms with van der Waals surface area (Å²) in [7, 11) is 1.30. The van der Waals surface area contributed by atoms with Gasteiger partial charge in [0.25, 0.3) is 0 Å². The number of hydrogen-bond donors (Lipinski definition) is 0. The molecule has 2 amide bonds. The van der Waals surface area contributed by atoms with Crippen LogP contribution in [0.1, 0.15) is 10.4 Å². The molecule has 2 saturated heterocycles. The first-order valence-corrected chi connectivity index (χ1v) is 7.02. The van der Waals surface area contributed by atoms with Crippen molar-refractivity contribution in [3.8, 4) is 0 Å². The van der Waals surface area contributed by atoms with Gasteiger partial charge in [0.05, 0.1) is 42.4 Å². The Bertz CT molecular complexity index is 678. The van der Waals surface area contributed by atoms with Crippen molar-refractivity contribution in [1.29, 1.82) is 0 Å². The Morgan fingerprint density at radius 1 is 1.05 bits per heavy atom. The molecule has 6 heteroatoms. The number of imide groups is 1. The van der Waals surface area contributed by atoms with Crippen LogP contribution in [0.5, 0.6) is 0 Å². The van der Waals surface area contributed by atoms with Crippen LogP contribution >= 0.6 is 0 Å². The third kappa shape index (κ3) is 1.61. The average molecular weight is 299 g/mol. The van der Waals surface area contributed by atoms with Gasteiger partial charge in [-0.15, -0.1) is 0 Å². The summed E-state index contributed by atoms with van der Waals surface area (Å²) in [6.07, 6.45) is 3.10. The standard InChI is InChI=1S/C16H13NO5/c1-21-16(20)8-2-4-9(5-3-8)17-14(18)12-10-6-7-11(22-10)13(12)15(17)19/h2-7,10-13H,1H3/t10-,11+,12-,13+. The molecule has 0 spiro atoms. The summed E-state index contributed by atoms with van der Waals surface area (Å²) < 4.78 is 10.2. The van der Waals surface area contributed by atoms with Crippen LogP contribution in [0.15, 0.2) is 36.4 Å². The Balaban J connectivity index is 1.65. The summed E-state index contributed by atoms with van der Waals surface area (Å²) in [5.74, 6) is -1.79. The number of carbonyl (C=O) groups is 3. The number of anilines is 1. The van der Waals surface area contributed by atoms with Gasteiger partial charge >= 0.3 is 5.97 Å². The van der Waals surface area contributed by atoms with Gasteiger partial charge in [0.2, 0.25) is 11.8 Å². The largest absolute Gasteiger partial charge is 0.465 e. The fourth-order valence-corrected chi connectivity index (χ4v) is 3.42. The second-order valence-corrected chi connectivity index (χ2v) is 5.55. The normalized spacial score (nSPS) is 31.8.